The van der Waals surface area contributed by atoms with Crippen LogP contribution in [0.15, 0.2) is 36.5 Å². The molecule has 1 heterocycles. The topological polar surface area (TPSA) is 57.2 Å². The van der Waals surface area contributed by atoms with Gasteiger partial charge < -0.3 is 15.1 Å². The Hall–Kier alpha value is -2.21. The van der Waals surface area contributed by atoms with Gasteiger partial charge in [0, 0.05) is 26.7 Å². The van der Waals surface area contributed by atoms with E-state index in [1.807, 2.05) is 44.2 Å². The second-order valence-corrected chi connectivity index (χ2v) is 5.21. The van der Waals surface area contributed by atoms with Crippen LogP contribution in [0.5, 0.6) is 0 Å². The monoisotopic (exact) mass is 286 g/mol. The average Bonchev–Trinajstić information content (AvgIpc) is 2.48. The van der Waals surface area contributed by atoms with Crippen molar-refractivity contribution in [1.82, 2.24) is 20.1 Å². The van der Waals surface area contributed by atoms with Crippen LogP contribution in [0.3, 0.4) is 0 Å². The molecule has 0 unspecified atom stereocenters. The van der Waals surface area contributed by atoms with Gasteiger partial charge in [0.2, 0.25) is 5.95 Å². The van der Waals surface area contributed by atoms with E-state index >= 15 is 0 Å². The van der Waals surface area contributed by atoms with Crippen LogP contribution in [0, 0.1) is 0 Å². The first-order chi connectivity index (χ1) is 10.1. The Morgan fingerprint density at radius 1 is 1.10 bits per heavy atom. The second kappa shape index (κ2) is 7.54. The Morgan fingerprint density at radius 3 is 2.57 bits per heavy atom. The number of nitrogens with one attached hydrogen (secondary N) is 1. The maximum Gasteiger partial charge on any atom is 0.247 e. The highest BCUT2D eigenvalue weighted by molar-refractivity contribution is 5.39. The quantitative estimate of drug-likeness (QED) is 0.832. The summed E-state index contributed by atoms with van der Waals surface area (Å²) >= 11 is 0. The first kappa shape index (κ1) is 15.2. The highest BCUT2D eigenvalue weighted by atomic mass is 15.3. The van der Waals surface area contributed by atoms with E-state index in [1.54, 1.807) is 6.20 Å². The van der Waals surface area contributed by atoms with E-state index in [9.17, 15) is 0 Å². The average molecular weight is 286 g/mol. The standard InChI is InChI=1S/C15H22N6/c1-20(2)10-9-16-14-11-17-19-15(18-14)21(3)12-13-7-5-4-6-8-13/h4-8,11H,9-10,12H2,1-3H3,(H,16,18,19). The van der Waals surface area contributed by atoms with Gasteiger partial charge in [-0.05, 0) is 19.7 Å². The lowest BCUT2D eigenvalue weighted by molar-refractivity contribution is 0.425. The van der Waals surface area contributed by atoms with Gasteiger partial charge in [-0.3, -0.25) is 0 Å². The van der Waals surface area contributed by atoms with Crippen molar-refractivity contribution in [2.75, 3.05) is 44.4 Å². The lowest BCUT2D eigenvalue weighted by Gasteiger charge is -2.17. The van der Waals surface area contributed by atoms with Gasteiger partial charge in [-0.2, -0.15) is 10.1 Å². The van der Waals surface area contributed by atoms with Crippen LogP contribution in [0.4, 0.5) is 11.8 Å². The highest BCUT2D eigenvalue weighted by Gasteiger charge is 2.07. The molecule has 1 aromatic carbocycles. The fraction of sp³-hybridized carbons (Fsp3) is 0.400. The van der Waals surface area contributed by atoms with Gasteiger partial charge in [0.05, 0.1) is 6.20 Å². The number of anilines is 2. The zero-order valence-electron chi connectivity index (χ0n) is 12.8. The van der Waals surface area contributed by atoms with Crippen LogP contribution in [0.2, 0.25) is 0 Å². The van der Waals surface area contributed by atoms with Crippen molar-refractivity contribution in [2.24, 2.45) is 0 Å². The van der Waals surface area contributed by atoms with Crippen LogP contribution in [0.1, 0.15) is 5.56 Å². The van der Waals surface area contributed by atoms with Crippen LogP contribution in [-0.4, -0.2) is 54.3 Å². The smallest absolute Gasteiger partial charge is 0.247 e. The van der Waals surface area contributed by atoms with Crippen LogP contribution >= 0.6 is 0 Å². The molecule has 0 fully saturated rings. The Bertz CT molecular complexity index is 543. The number of nitrogens with zero attached hydrogens (tertiary/aromatic N) is 5. The number of benzene rings is 1. The minimum atomic E-state index is 0.619. The summed E-state index contributed by atoms with van der Waals surface area (Å²) in [6.45, 7) is 2.52. The van der Waals surface area contributed by atoms with Gasteiger partial charge in [0.25, 0.3) is 0 Å². The lowest BCUT2D eigenvalue weighted by Crippen LogP contribution is -2.23. The molecular weight excluding hydrogens is 264 g/mol. The molecule has 6 heteroatoms. The van der Waals surface area contributed by atoms with Gasteiger partial charge >= 0.3 is 0 Å². The zero-order valence-corrected chi connectivity index (χ0v) is 12.8. The summed E-state index contributed by atoms with van der Waals surface area (Å²) in [7, 11) is 6.05. The molecule has 0 saturated heterocycles. The maximum absolute atomic E-state index is 4.49. The summed E-state index contributed by atoms with van der Waals surface area (Å²) in [5.74, 6) is 1.37. The molecule has 1 aromatic heterocycles. The highest BCUT2D eigenvalue weighted by Crippen LogP contribution is 2.11. The van der Waals surface area contributed by atoms with Crippen molar-refractivity contribution in [1.29, 1.82) is 0 Å². The molecule has 0 aliphatic carbocycles. The van der Waals surface area contributed by atoms with E-state index in [4.69, 9.17) is 0 Å². The lowest BCUT2D eigenvalue weighted by atomic mass is 10.2. The maximum atomic E-state index is 4.49. The number of hydrogen-bond acceptors (Lipinski definition) is 6. The van der Waals surface area contributed by atoms with Crippen molar-refractivity contribution >= 4 is 11.8 Å². The summed E-state index contributed by atoms with van der Waals surface area (Å²) in [5.41, 5.74) is 1.22. The normalized spacial score (nSPS) is 10.7. The summed E-state index contributed by atoms with van der Waals surface area (Å²) in [6, 6.07) is 10.2. The van der Waals surface area contributed by atoms with Crippen molar-refractivity contribution in [2.45, 2.75) is 6.54 Å². The molecule has 0 spiro atoms. The van der Waals surface area contributed by atoms with Crippen molar-refractivity contribution in [3.05, 3.63) is 42.1 Å². The van der Waals surface area contributed by atoms with E-state index in [2.05, 4.69) is 37.5 Å². The van der Waals surface area contributed by atoms with E-state index < -0.39 is 0 Å². The molecule has 112 valence electrons. The zero-order chi connectivity index (χ0) is 15.1. The molecular formula is C15H22N6. The largest absolute Gasteiger partial charge is 0.367 e. The fourth-order valence-corrected chi connectivity index (χ4v) is 1.88. The number of aromatic nitrogens is 3. The molecule has 0 atom stereocenters. The first-order valence-corrected chi connectivity index (χ1v) is 6.98. The molecule has 0 saturated carbocycles. The fourth-order valence-electron chi connectivity index (χ4n) is 1.88. The van der Waals surface area contributed by atoms with Gasteiger partial charge in [-0.15, -0.1) is 5.10 Å². The van der Waals surface area contributed by atoms with Gasteiger partial charge in [-0.1, -0.05) is 30.3 Å². The number of hydrogen-bond donors (Lipinski definition) is 1. The third-order valence-electron chi connectivity index (χ3n) is 3.02. The predicted octanol–water partition coefficient (Wildman–Crippen LogP) is 1.48. The molecule has 0 amide bonds. The van der Waals surface area contributed by atoms with Crippen molar-refractivity contribution in [3.8, 4) is 0 Å². The summed E-state index contributed by atoms with van der Waals surface area (Å²) in [6.07, 6.45) is 1.65. The van der Waals surface area contributed by atoms with Gasteiger partial charge in [0.1, 0.15) is 0 Å². The summed E-state index contributed by atoms with van der Waals surface area (Å²) in [5, 5.41) is 11.4. The van der Waals surface area contributed by atoms with Gasteiger partial charge in [-0.25, -0.2) is 0 Å². The summed E-state index contributed by atoms with van der Waals surface area (Å²) in [4.78, 5) is 8.59. The third-order valence-corrected chi connectivity index (χ3v) is 3.02. The Morgan fingerprint density at radius 2 is 1.86 bits per heavy atom. The number of likely N-dealkylation sites (N-methyl/N-ethyl adjacent to an activating group) is 1. The molecule has 0 aliphatic rings. The SMILES string of the molecule is CN(C)CCNc1cnnc(N(C)Cc2ccccc2)n1. The van der Waals surface area contributed by atoms with E-state index in [0.717, 1.165) is 25.5 Å². The van der Waals surface area contributed by atoms with Crippen LogP contribution in [-0.2, 0) is 6.54 Å². The first-order valence-electron chi connectivity index (χ1n) is 6.98. The molecule has 2 rings (SSSR count). The molecule has 0 aliphatic heterocycles. The molecule has 2 aromatic rings. The minimum absolute atomic E-state index is 0.619. The van der Waals surface area contributed by atoms with Crippen LogP contribution in [0.25, 0.3) is 0 Å². The van der Waals surface area contributed by atoms with Crippen molar-refractivity contribution < 1.29 is 0 Å². The molecule has 6 nitrogen and oxygen atoms in total. The molecule has 21 heavy (non-hydrogen) atoms. The van der Waals surface area contributed by atoms with E-state index in [-0.39, 0.29) is 0 Å². The number of rotatable bonds is 7. The Labute approximate surface area is 125 Å². The van der Waals surface area contributed by atoms with Crippen molar-refractivity contribution in [3.63, 3.8) is 0 Å². The molecule has 1 N–H and O–H groups in total. The van der Waals surface area contributed by atoms with E-state index in [1.165, 1.54) is 5.56 Å². The Balaban J connectivity index is 1.96. The Kier molecular flexibility index (Phi) is 5.45. The van der Waals surface area contributed by atoms with Crippen LogP contribution < -0.4 is 10.2 Å². The predicted molar refractivity (Wildman–Crippen MR) is 85.4 cm³/mol. The van der Waals surface area contributed by atoms with E-state index in [0.29, 0.717) is 5.95 Å². The summed E-state index contributed by atoms with van der Waals surface area (Å²) < 4.78 is 0. The minimum Gasteiger partial charge on any atom is -0.367 e. The second-order valence-electron chi connectivity index (χ2n) is 5.21. The van der Waals surface area contributed by atoms with Gasteiger partial charge in [0.15, 0.2) is 5.82 Å². The molecule has 0 bridgehead atoms. The third kappa shape index (κ3) is 5.00. The molecule has 0 radical (unpaired) electrons.